The standard InChI is InChI=1S/C32H38P2S2/c35-33(28-18-8-2-9-19-28,29-20-10-3-11-21-29)26-32(27-16-6-1-7-17-27)34(36,30-22-12-4-13-23-30)31-24-14-5-15-25-31/h1,4-7,12-17,22-26,28-29H,2-3,8-11,18-21H2/b32-26-. The van der Waals surface area contributed by atoms with Crippen LogP contribution in [0, 0.1) is 0 Å². The van der Waals surface area contributed by atoms with E-state index in [2.05, 4.69) is 96.8 Å². The van der Waals surface area contributed by atoms with Crippen LogP contribution in [0.2, 0.25) is 0 Å². The quantitative estimate of drug-likeness (QED) is 0.270. The highest BCUT2D eigenvalue weighted by atomic mass is 32.4. The highest BCUT2D eigenvalue weighted by Crippen LogP contribution is 2.69. The first-order valence-electron chi connectivity index (χ1n) is 13.7. The smallest absolute Gasteiger partial charge is 0.0386 e. The van der Waals surface area contributed by atoms with Crippen molar-refractivity contribution in [3.8, 4) is 0 Å². The van der Waals surface area contributed by atoms with E-state index < -0.39 is 12.1 Å². The Balaban J connectivity index is 1.77. The topological polar surface area (TPSA) is 0 Å². The van der Waals surface area contributed by atoms with Gasteiger partial charge in [-0.1, -0.05) is 153 Å². The molecule has 0 aliphatic heterocycles. The van der Waals surface area contributed by atoms with Crippen molar-refractivity contribution in [1.29, 1.82) is 0 Å². The van der Waals surface area contributed by atoms with Crippen LogP contribution in [0.5, 0.6) is 0 Å². The van der Waals surface area contributed by atoms with Crippen LogP contribution in [0.25, 0.3) is 5.31 Å². The van der Waals surface area contributed by atoms with Gasteiger partial charge in [-0.2, -0.15) is 0 Å². The molecule has 0 radical (unpaired) electrons. The fourth-order valence-corrected chi connectivity index (χ4v) is 17.3. The molecule has 2 fully saturated rings. The van der Waals surface area contributed by atoms with Gasteiger partial charge in [-0.3, -0.25) is 0 Å². The molecule has 0 aromatic heterocycles. The highest BCUT2D eigenvalue weighted by molar-refractivity contribution is 8.27. The molecule has 0 N–H and O–H groups in total. The maximum Gasteiger partial charge on any atom is 0.0386 e. The summed E-state index contributed by atoms with van der Waals surface area (Å²) in [5.41, 5.74) is 2.63. The maximum absolute atomic E-state index is 6.99. The van der Waals surface area contributed by atoms with Crippen LogP contribution >= 0.6 is 12.1 Å². The summed E-state index contributed by atoms with van der Waals surface area (Å²) in [5, 5.41) is 3.90. The van der Waals surface area contributed by atoms with E-state index >= 15 is 0 Å². The Morgan fingerprint density at radius 2 is 0.944 bits per heavy atom. The van der Waals surface area contributed by atoms with Crippen molar-refractivity contribution in [3.63, 3.8) is 0 Å². The molecule has 36 heavy (non-hydrogen) atoms. The van der Waals surface area contributed by atoms with Gasteiger partial charge >= 0.3 is 0 Å². The summed E-state index contributed by atoms with van der Waals surface area (Å²) < 4.78 is 0. The van der Waals surface area contributed by atoms with Crippen molar-refractivity contribution in [2.75, 3.05) is 0 Å². The zero-order chi connectivity index (χ0) is 24.8. The first-order valence-corrected chi connectivity index (χ1v) is 19.5. The van der Waals surface area contributed by atoms with Crippen LogP contribution < -0.4 is 10.6 Å². The summed E-state index contributed by atoms with van der Waals surface area (Å²) in [6, 6.07) is 28.8. The van der Waals surface area contributed by atoms with Crippen LogP contribution in [0.3, 0.4) is 0 Å². The number of benzene rings is 3. The predicted molar refractivity (Wildman–Crippen MR) is 169 cm³/mol. The molecule has 0 saturated heterocycles. The summed E-state index contributed by atoms with van der Waals surface area (Å²) in [6.45, 7) is 0. The van der Waals surface area contributed by atoms with Gasteiger partial charge in [-0.25, -0.2) is 0 Å². The second-order valence-corrected chi connectivity index (χ2v) is 20.0. The minimum absolute atomic E-state index is 0.679. The van der Waals surface area contributed by atoms with Crippen molar-refractivity contribution >= 4 is 51.6 Å². The van der Waals surface area contributed by atoms with Crippen LogP contribution in [-0.4, -0.2) is 11.3 Å². The number of rotatable bonds is 7. The van der Waals surface area contributed by atoms with Crippen molar-refractivity contribution < 1.29 is 0 Å². The Morgan fingerprint density at radius 3 is 1.36 bits per heavy atom. The third-order valence-electron chi connectivity index (χ3n) is 8.26. The lowest BCUT2D eigenvalue weighted by molar-refractivity contribution is 0.486. The van der Waals surface area contributed by atoms with Crippen molar-refractivity contribution in [2.24, 2.45) is 0 Å². The Bertz CT molecular complexity index is 1170. The van der Waals surface area contributed by atoms with E-state index in [1.54, 1.807) is 0 Å². The normalized spacial score (nSPS) is 18.7. The lowest BCUT2D eigenvalue weighted by Gasteiger charge is -2.41. The lowest BCUT2D eigenvalue weighted by Crippen LogP contribution is -2.23. The first-order chi connectivity index (χ1) is 17.6. The van der Waals surface area contributed by atoms with E-state index in [0.29, 0.717) is 11.3 Å². The molecule has 0 atom stereocenters. The van der Waals surface area contributed by atoms with Crippen molar-refractivity contribution in [1.82, 2.24) is 0 Å². The summed E-state index contributed by atoms with van der Waals surface area (Å²) in [6.07, 6.45) is 13.4. The number of hydrogen-bond donors (Lipinski definition) is 0. The van der Waals surface area contributed by atoms with E-state index in [1.807, 2.05) is 0 Å². The third-order valence-corrected chi connectivity index (χ3v) is 19.5. The highest BCUT2D eigenvalue weighted by Gasteiger charge is 2.38. The van der Waals surface area contributed by atoms with Gasteiger partial charge < -0.3 is 0 Å². The molecule has 0 amide bonds. The largest absolute Gasteiger partial charge is 0.0926 e. The molecule has 188 valence electrons. The van der Waals surface area contributed by atoms with E-state index in [9.17, 15) is 0 Å². The van der Waals surface area contributed by atoms with Gasteiger partial charge in [0.2, 0.25) is 0 Å². The summed E-state index contributed by atoms with van der Waals surface area (Å²) >= 11 is 13.9. The Morgan fingerprint density at radius 1 is 0.556 bits per heavy atom. The zero-order valence-corrected chi connectivity index (χ0v) is 24.6. The molecule has 0 bridgehead atoms. The Hall–Kier alpha value is -1.30. The second-order valence-electron chi connectivity index (χ2n) is 10.5. The molecule has 2 aliphatic carbocycles. The van der Waals surface area contributed by atoms with Crippen molar-refractivity contribution in [3.05, 3.63) is 102 Å². The second kappa shape index (κ2) is 12.0. The summed E-state index contributed by atoms with van der Waals surface area (Å²) in [7, 11) is 0. The lowest BCUT2D eigenvalue weighted by atomic mass is 9.99. The van der Waals surface area contributed by atoms with Gasteiger partial charge in [-0.15, -0.1) is 0 Å². The van der Waals surface area contributed by atoms with Gasteiger partial charge in [0.25, 0.3) is 0 Å². The van der Waals surface area contributed by atoms with Crippen LogP contribution in [0.1, 0.15) is 69.8 Å². The molecule has 5 rings (SSSR count). The third kappa shape index (κ3) is 5.44. The van der Waals surface area contributed by atoms with Crippen LogP contribution in [-0.2, 0) is 23.6 Å². The fourth-order valence-electron chi connectivity index (χ4n) is 6.32. The first kappa shape index (κ1) is 26.3. The molecule has 3 aromatic carbocycles. The van der Waals surface area contributed by atoms with Crippen LogP contribution in [0.15, 0.2) is 96.8 Å². The summed E-state index contributed by atoms with van der Waals surface area (Å²) in [4.78, 5) is 0. The zero-order valence-electron chi connectivity index (χ0n) is 21.2. The summed E-state index contributed by atoms with van der Waals surface area (Å²) in [5.74, 6) is 2.68. The molecular formula is C32H38P2S2. The van der Waals surface area contributed by atoms with Crippen LogP contribution in [0.4, 0.5) is 0 Å². The van der Waals surface area contributed by atoms with Crippen molar-refractivity contribution in [2.45, 2.75) is 75.5 Å². The van der Waals surface area contributed by atoms with Gasteiger partial charge in [0.15, 0.2) is 0 Å². The average Bonchev–Trinajstić information content (AvgIpc) is 2.97. The molecule has 0 unspecified atom stereocenters. The Labute approximate surface area is 228 Å². The van der Waals surface area contributed by atoms with E-state index in [-0.39, 0.29) is 0 Å². The SMILES string of the molecule is S=P(/C(=C\P(=S)(C1CCCCC1)C1CCCCC1)c1ccccc1)(c1ccccc1)c1ccccc1. The molecule has 3 aromatic rings. The minimum Gasteiger partial charge on any atom is -0.0926 e. The molecule has 2 saturated carbocycles. The number of hydrogen-bond acceptors (Lipinski definition) is 2. The molecular weight excluding hydrogens is 510 g/mol. The molecule has 4 heteroatoms. The van der Waals surface area contributed by atoms with Gasteiger partial charge in [0.1, 0.15) is 0 Å². The van der Waals surface area contributed by atoms with E-state index in [0.717, 1.165) is 0 Å². The van der Waals surface area contributed by atoms with Gasteiger partial charge in [-0.05, 0) is 65.0 Å². The minimum atomic E-state index is -2.30. The molecule has 0 heterocycles. The average molecular weight is 549 g/mol. The van der Waals surface area contributed by atoms with E-state index in [1.165, 1.54) is 85.7 Å². The van der Waals surface area contributed by atoms with Gasteiger partial charge in [0.05, 0.1) is 0 Å². The van der Waals surface area contributed by atoms with Gasteiger partial charge in [0, 0.05) is 11.4 Å². The van der Waals surface area contributed by atoms with E-state index in [4.69, 9.17) is 23.6 Å². The fraction of sp³-hybridized carbons (Fsp3) is 0.375. The molecule has 0 nitrogen and oxygen atoms in total. The Kier molecular flexibility index (Phi) is 8.80. The molecule has 0 spiro atoms. The maximum atomic E-state index is 6.99. The monoisotopic (exact) mass is 548 g/mol. The predicted octanol–water partition coefficient (Wildman–Crippen LogP) is 9.26. The molecule has 2 aliphatic rings.